The first kappa shape index (κ1) is 17.3. The highest BCUT2D eigenvalue weighted by atomic mass is 19.1. The molecule has 0 radical (unpaired) electrons. The molecule has 2 N–H and O–H groups in total. The smallest absolute Gasteiger partial charge is 0.182 e. The van der Waals surface area contributed by atoms with Crippen molar-refractivity contribution in [1.82, 2.24) is 24.9 Å². The van der Waals surface area contributed by atoms with Gasteiger partial charge in [-0.2, -0.15) is 0 Å². The minimum absolute atomic E-state index is 0.292. The van der Waals surface area contributed by atoms with Gasteiger partial charge in [0.2, 0.25) is 0 Å². The molecule has 0 spiro atoms. The molecule has 4 rings (SSSR count). The lowest BCUT2D eigenvalue weighted by molar-refractivity contribution is 0.131. The first-order valence-electron chi connectivity index (χ1n) is 8.78. The Balaban J connectivity index is 1.56. The van der Waals surface area contributed by atoms with Crippen LogP contribution in [0.4, 0.5) is 10.2 Å². The minimum atomic E-state index is -0.292. The molecule has 0 aliphatic carbocycles. The number of pyridine rings is 1. The quantitative estimate of drug-likeness (QED) is 0.522. The summed E-state index contributed by atoms with van der Waals surface area (Å²) in [5.41, 5.74) is 3.92. The largest absolute Gasteiger partial charge is 0.375 e. The number of rotatable bonds is 7. The van der Waals surface area contributed by atoms with Gasteiger partial charge in [0.15, 0.2) is 11.5 Å². The fourth-order valence-electron chi connectivity index (χ4n) is 2.98. The van der Waals surface area contributed by atoms with Crippen LogP contribution >= 0.6 is 0 Å². The van der Waals surface area contributed by atoms with Gasteiger partial charge in [-0.05, 0) is 37.1 Å². The average Bonchev–Trinajstić information content (AvgIpc) is 3.16. The van der Waals surface area contributed by atoms with Gasteiger partial charge in [0.25, 0.3) is 0 Å². The van der Waals surface area contributed by atoms with Crippen molar-refractivity contribution >= 4 is 27.9 Å². The molecule has 8 heteroatoms. The van der Waals surface area contributed by atoms with E-state index < -0.39 is 0 Å². The van der Waals surface area contributed by atoms with Gasteiger partial charge < -0.3 is 15.0 Å². The number of H-pyrrole nitrogens is 1. The van der Waals surface area contributed by atoms with Crippen molar-refractivity contribution in [2.24, 2.45) is 0 Å². The summed E-state index contributed by atoms with van der Waals surface area (Å²) < 4.78 is 19.1. The van der Waals surface area contributed by atoms with Crippen LogP contribution in [0.15, 0.2) is 36.9 Å². The van der Waals surface area contributed by atoms with E-state index in [9.17, 15) is 4.39 Å². The number of fused-ring (bicyclic) bond motifs is 2. The van der Waals surface area contributed by atoms with Crippen LogP contribution in [0.3, 0.4) is 0 Å². The van der Waals surface area contributed by atoms with Crippen LogP contribution in [0.2, 0.25) is 0 Å². The molecule has 1 aromatic carbocycles. The lowest BCUT2D eigenvalue weighted by Crippen LogP contribution is -2.10. The maximum absolute atomic E-state index is 13.5. The molecule has 0 bridgehead atoms. The van der Waals surface area contributed by atoms with E-state index in [0.717, 1.165) is 28.6 Å². The van der Waals surface area contributed by atoms with Gasteiger partial charge in [0.05, 0.1) is 24.1 Å². The molecule has 3 aromatic heterocycles. The van der Waals surface area contributed by atoms with Gasteiger partial charge in [0, 0.05) is 24.6 Å². The highest BCUT2D eigenvalue weighted by molar-refractivity contribution is 5.82. The number of benzene rings is 1. The SMILES string of the molecule is CCOCc1nc2cc(F)ccc2cc1CCNc1ncnc2nc[nH]c12. The molecule has 7 nitrogen and oxygen atoms in total. The maximum Gasteiger partial charge on any atom is 0.182 e. The number of aromatic nitrogens is 5. The number of nitrogens with zero attached hydrogens (tertiary/aromatic N) is 4. The Morgan fingerprint density at radius 2 is 2.11 bits per heavy atom. The summed E-state index contributed by atoms with van der Waals surface area (Å²) in [4.78, 5) is 20.1. The first-order chi connectivity index (χ1) is 13.2. The number of imidazole rings is 1. The molecular weight excluding hydrogens is 347 g/mol. The molecule has 0 saturated heterocycles. The van der Waals surface area contributed by atoms with Crippen LogP contribution in [-0.4, -0.2) is 38.1 Å². The van der Waals surface area contributed by atoms with Crippen molar-refractivity contribution in [1.29, 1.82) is 0 Å². The summed E-state index contributed by atoms with van der Waals surface area (Å²) in [6.45, 7) is 3.58. The maximum atomic E-state index is 13.5. The van der Waals surface area contributed by atoms with E-state index in [4.69, 9.17) is 4.74 Å². The van der Waals surface area contributed by atoms with Gasteiger partial charge in [0.1, 0.15) is 17.7 Å². The zero-order chi connectivity index (χ0) is 18.6. The molecule has 0 unspecified atom stereocenters. The predicted molar refractivity (Wildman–Crippen MR) is 101 cm³/mol. The highest BCUT2D eigenvalue weighted by Gasteiger charge is 2.10. The predicted octanol–water partition coefficient (Wildman–Crippen LogP) is 3.23. The van der Waals surface area contributed by atoms with Crippen molar-refractivity contribution < 1.29 is 9.13 Å². The van der Waals surface area contributed by atoms with Gasteiger partial charge >= 0.3 is 0 Å². The summed E-state index contributed by atoms with van der Waals surface area (Å²) >= 11 is 0. The van der Waals surface area contributed by atoms with Crippen LogP contribution < -0.4 is 5.32 Å². The number of halogens is 1. The van der Waals surface area contributed by atoms with Crippen LogP contribution in [0.5, 0.6) is 0 Å². The van der Waals surface area contributed by atoms with Gasteiger partial charge in [-0.3, -0.25) is 0 Å². The molecule has 0 fully saturated rings. The third-order valence-corrected chi connectivity index (χ3v) is 4.30. The van der Waals surface area contributed by atoms with Crippen LogP contribution in [0.1, 0.15) is 18.2 Å². The minimum Gasteiger partial charge on any atom is -0.375 e. The second-order valence-corrected chi connectivity index (χ2v) is 6.07. The molecule has 0 amide bonds. The number of ether oxygens (including phenoxy) is 1. The standard InChI is InChI=1S/C19H19FN6O/c1-2-27-9-16-13(7-12-3-4-14(20)8-15(12)26-16)5-6-21-18-17-19(23-10-22-17)25-11-24-18/h3-4,7-8,10-11H,2,5-6,9H2,1H3,(H2,21,22,23,24,25). The number of hydrogen-bond donors (Lipinski definition) is 2. The Morgan fingerprint density at radius 3 is 3.00 bits per heavy atom. The second kappa shape index (κ2) is 7.63. The molecule has 138 valence electrons. The fraction of sp³-hybridized carbons (Fsp3) is 0.263. The number of anilines is 1. The number of hydrogen-bond acceptors (Lipinski definition) is 6. The monoisotopic (exact) mass is 366 g/mol. The zero-order valence-electron chi connectivity index (χ0n) is 14.9. The lowest BCUT2D eigenvalue weighted by atomic mass is 10.1. The molecule has 0 aliphatic rings. The van der Waals surface area contributed by atoms with E-state index in [1.807, 2.05) is 13.0 Å². The van der Waals surface area contributed by atoms with Gasteiger partial charge in [-0.15, -0.1) is 0 Å². The molecule has 3 heterocycles. The topological polar surface area (TPSA) is 88.6 Å². The summed E-state index contributed by atoms with van der Waals surface area (Å²) in [7, 11) is 0. The van der Waals surface area contributed by atoms with E-state index in [0.29, 0.717) is 36.7 Å². The van der Waals surface area contributed by atoms with Gasteiger partial charge in [-0.25, -0.2) is 24.3 Å². The number of nitrogens with one attached hydrogen (secondary N) is 2. The average molecular weight is 366 g/mol. The molecule has 4 aromatic rings. The van der Waals surface area contributed by atoms with E-state index >= 15 is 0 Å². The molecule has 0 atom stereocenters. The van der Waals surface area contributed by atoms with Crippen molar-refractivity contribution in [3.05, 3.63) is 54.0 Å². The van der Waals surface area contributed by atoms with E-state index in [1.54, 1.807) is 12.4 Å². The highest BCUT2D eigenvalue weighted by Crippen LogP contribution is 2.20. The van der Waals surface area contributed by atoms with Crippen molar-refractivity contribution in [3.63, 3.8) is 0 Å². The molecule has 0 saturated carbocycles. The third-order valence-electron chi connectivity index (χ3n) is 4.30. The second-order valence-electron chi connectivity index (χ2n) is 6.07. The molecular formula is C19H19FN6O. The van der Waals surface area contributed by atoms with Gasteiger partial charge in [-0.1, -0.05) is 0 Å². The van der Waals surface area contributed by atoms with Crippen LogP contribution in [-0.2, 0) is 17.8 Å². The summed E-state index contributed by atoms with van der Waals surface area (Å²) in [6, 6.07) is 6.69. The van der Waals surface area contributed by atoms with Crippen LogP contribution in [0.25, 0.3) is 22.1 Å². The normalized spacial score (nSPS) is 11.3. The Kier molecular flexibility index (Phi) is 4.88. The third kappa shape index (κ3) is 3.70. The fourth-order valence-corrected chi connectivity index (χ4v) is 2.98. The zero-order valence-corrected chi connectivity index (χ0v) is 14.9. The Bertz CT molecular complexity index is 1080. The lowest BCUT2D eigenvalue weighted by Gasteiger charge is -2.12. The van der Waals surface area contributed by atoms with E-state index in [2.05, 4.69) is 30.2 Å². The van der Waals surface area contributed by atoms with Crippen molar-refractivity contribution in [3.8, 4) is 0 Å². The van der Waals surface area contributed by atoms with E-state index in [-0.39, 0.29) is 5.82 Å². The Labute approximate surface area is 155 Å². The summed E-state index contributed by atoms with van der Waals surface area (Å²) in [6.07, 6.45) is 3.80. The first-order valence-corrected chi connectivity index (χ1v) is 8.78. The summed E-state index contributed by atoms with van der Waals surface area (Å²) in [5, 5.41) is 4.22. The van der Waals surface area contributed by atoms with Crippen LogP contribution in [0, 0.1) is 5.82 Å². The van der Waals surface area contributed by atoms with E-state index in [1.165, 1.54) is 18.5 Å². The number of aromatic amines is 1. The Morgan fingerprint density at radius 1 is 1.19 bits per heavy atom. The molecule has 0 aliphatic heterocycles. The summed E-state index contributed by atoms with van der Waals surface area (Å²) in [5.74, 6) is 0.416. The molecule has 27 heavy (non-hydrogen) atoms. The Hall–Kier alpha value is -3.13. The van der Waals surface area contributed by atoms with Crippen molar-refractivity contribution in [2.75, 3.05) is 18.5 Å². The van der Waals surface area contributed by atoms with Crippen molar-refractivity contribution in [2.45, 2.75) is 20.0 Å².